The van der Waals surface area contributed by atoms with Crippen LogP contribution in [0.5, 0.6) is 0 Å². The van der Waals surface area contributed by atoms with E-state index in [1.165, 1.54) is 23.1 Å². The fourth-order valence-corrected chi connectivity index (χ4v) is 5.27. The summed E-state index contributed by atoms with van der Waals surface area (Å²) in [5.74, 6) is -0.121. The fraction of sp³-hybridized carbons (Fsp3) is 0.211. The monoisotopic (exact) mass is 417 g/mol. The van der Waals surface area contributed by atoms with E-state index in [4.69, 9.17) is 0 Å². The van der Waals surface area contributed by atoms with Gasteiger partial charge in [0.25, 0.3) is 5.56 Å². The lowest BCUT2D eigenvalue weighted by Gasteiger charge is -2.14. The minimum absolute atomic E-state index is 0.106. The normalized spacial score (nSPS) is 12.0. The molecule has 0 aliphatic carbocycles. The average molecular weight is 418 g/mol. The van der Waals surface area contributed by atoms with Crippen molar-refractivity contribution in [3.8, 4) is 10.4 Å². The van der Waals surface area contributed by atoms with Crippen LogP contribution >= 0.6 is 34.4 Å². The molecule has 1 atom stereocenters. The number of nitrogens with one attached hydrogen (secondary N) is 1. The van der Waals surface area contributed by atoms with E-state index in [-0.39, 0.29) is 16.7 Å². The van der Waals surface area contributed by atoms with Crippen molar-refractivity contribution >= 4 is 50.6 Å². The highest BCUT2D eigenvalue weighted by molar-refractivity contribution is 8.00. The van der Waals surface area contributed by atoms with Gasteiger partial charge in [-0.25, -0.2) is 4.98 Å². The second kappa shape index (κ2) is 8.69. The molecule has 1 N–H and O–H groups in total. The number of carbonyl (C=O) groups excluding carboxylic acids is 1. The SMILES string of the molecule is C=CCNC(=O)[C@@H](C)Sc1nc2scc(-c3cccs3)c2c(=O)n1CC=C. The van der Waals surface area contributed by atoms with E-state index in [2.05, 4.69) is 23.5 Å². The Morgan fingerprint density at radius 3 is 2.89 bits per heavy atom. The van der Waals surface area contributed by atoms with E-state index in [1.54, 1.807) is 35.0 Å². The van der Waals surface area contributed by atoms with Crippen molar-refractivity contribution < 1.29 is 4.79 Å². The number of nitrogens with zero attached hydrogens (tertiary/aromatic N) is 2. The Balaban J connectivity index is 2.04. The van der Waals surface area contributed by atoms with Gasteiger partial charge in [0.1, 0.15) is 4.83 Å². The molecule has 0 unspecified atom stereocenters. The summed E-state index contributed by atoms with van der Waals surface area (Å²) >= 11 is 4.31. The maximum atomic E-state index is 13.2. The zero-order chi connectivity index (χ0) is 19.4. The molecule has 0 aliphatic heterocycles. The first-order valence-electron chi connectivity index (χ1n) is 8.28. The van der Waals surface area contributed by atoms with Crippen LogP contribution in [0.3, 0.4) is 0 Å². The number of fused-ring (bicyclic) bond motifs is 1. The third-order valence-corrected chi connectivity index (χ3v) is 6.69. The Kier molecular flexibility index (Phi) is 6.30. The van der Waals surface area contributed by atoms with Crippen LogP contribution in [-0.4, -0.2) is 27.3 Å². The van der Waals surface area contributed by atoms with Gasteiger partial charge < -0.3 is 5.32 Å². The van der Waals surface area contributed by atoms with Crippen molar-refractivity contribution in [2.45, 2.75) is 23.9 Å². The molecule has 3 heterocycles. The highest BCUT2D eigenvalue weighted by Gasteiger charge is 2.21. The van der Waals surface area contributed by atoms with Gasteiger partial charge >= 0.3 is 0 Å². The van der Waals surface area contributed by atoms with Crippen molar-refractivity contribution in [3.63, 3.8) is 0 Å². The lowest BCUT2D eigenvalue weighted by Crippen LogP contribution is -2.32. The molecule has 0 aromatic carbocycles. The van der Waals surface area contributed by atoms with Crippen LogP contribution in [0.25, 0.3) is 20.7 Å². The summed E-state index contributed by atoms with van der Waals surface area (Å²) in [4.78, 5) is 31.8. The molecule has 0 saturated heterocycles. The maximum Gasteiger partial charge on any atom is 0.263 e. The van der Waals surface area contributed by atoms with E-state index >= 15 is 0 Å². The summed E-state index contributed by atoms with van der Waals surface area (Å²) < 4.78 is 1.58. The van der Waals surface area contributed by atoms with Crippen molar-refractivity contribution in [2.24, 2.45) is 0 Å². The van der Waals surface area contributed by atoms with Gasteiger partial charge in [0.15, 0.2) is 5.16 Å². The summed E-state index contributed by atoms with van der Waals surface area (Å²) in [7, 11) is 0. The number of thiophene rings is 2. The van der Waals surface area contributed by atoms with Crippen LogP contribution < -0.4 is 10.9 Å². The molecule has 3 aromatic heterocycles. The van der Waals surface area contributed by atoms with Crippen molar-refractivity contribution in [2.75, 3.05) is 6.54 Å². The largest absolute Gasteiger partial charge is 0.352 e. The summed E-state index contributed by atoms with van der Waals surface area (Å²) in [6.45, 7) is 9.89. The van der Waals surface area contributed by atoms with E-state index in [9.17, 15) is 9.59 Å². The molecule has 0 fully saturated rings. The lowest BCUT2D eigenvalue weighted by atomic mass is 10.2. The lowest BCUT2D eigenvalue weighted by molar-refractivity contribution is -0.120. The number of hydrogen-bond donors (Lipinski definition) is 1. The molecule has 27 heavy (non-hydrogen) atoms. The van der Waals surface area contributed by atoms with Gasteiger partial charge in [0.05, 0.1) is 10.6 Å². The summed E-state index contributed by atoms with van der Waals surface area (Å²) in [5.41, 5.74) is 0.805. The van der Waals surface area contributed by atoms with Gasteiger partial charge in [0, 0.05) is 28.9 Å². The Hall–Kier alpha value is -2.16. The van der Waals surface area contributed by atoms with Gasteiger partial charge in [-0.3, -0.25) is 14.2 Å². The maximum absolute atomic E-state index is 13.2. The predicted molar refractivity (Wildman–Crippen MR) is 116 cm³/mol. The van der Waals surface area contributed by atoms with Gasteiger partial charge in [-0.2, -0.15) is 0 Å². The zero-order valence-corrected chi connectivity index (χ0v) is 17.3. The third-order valence-electron chi connectivity index (χ3n) is 3.83. The molecule has 3 aromatic rings. The van der Waals surface area contributed by atoms with E-state index < -0.39 is 0 Å². The minimum Gasteiger partial charge on any atom is -0.352 e. The molecule has 8 heteroatoms. The standard InChI is InChI=1S/C19H19N3O2S3/c1-4-8-20-16(23)12(3)27-19-21-17-15(18(24)22(19)9-5-2)13(11-26-17)14-7-6-10-25-14/h4-7,10-12H,1-2,8-9H2,3H3,(H,20,23)/t12-/m1/s1. The molecule has 0 spiro atoms. The second-order valence-corrected chi connectivity index (χ2v) is 8.81. The number of hydrogen-bond acceptors (Lipinski definition) is 6. The Bertz CT molecular complexity index is 1030. The topological polar surface area (TPSA) is 64.0 Å². The highest BCUT2D eigenvalue weighted by Crippen LogP contribution is 2.35. The fourth-order valence-electron chi connectivity index (χ4n) is 2.53. The quantitative estimate of drug-likeness (QED) is 0.340. The summed E-state index contributed by atoms with van der Waals surface area (Å²) in [6, 6.07) is 3.96. The molecular formula is C19H19N3O2S3. The Morgan fingerprint density at radius 2 is 2.22 bits per heavy atom. The van der Waals surface area contributed by atoms with Crippen LogP contribution in [0.1, 0.15) is 6.92 Å². The molecule has 5 nitrogen and oxygen atoms in total. The van der Waals surface area contributed by atoms with Crippen molar-refractivity contribution in [1.29, 1.82) is 0 Å². The van der Waals surface area contributed by atoms with Crippen LogP contribution in [0.4, 0.5) is 0 Å². The number of rotatable bonds is 8. The van der Waals surface area contributed by atoms with Crippen LogP contribution in [-0.2, 0) is 11.3 Å². The molecule has 1 amide bonds. The van der Waals surface area contributed by atoms with Gasteiger partial charge in [-0.15, -0.1) is 35.8 Å². The van der Waals surface area contributed by atoms with Crippen molar-refractivity contribution in [3.05, 3.63) is 58.6 Å². The first kappa shape index (κ1) is 19.6. The van der Waals surface area contributed by atoms with Gasteiger partial charge in [-0.05, 0) is 18.4 Å². The number of aromatic nitrogens is 2. The van der Waals surface area contributed by atoms with E-state index in [0.29, 0.717) is 28.5 Å². The second-order valence-electron chi connectivity index (χ2n) is 5.70. The van der Waals surface area contributed by atoms with Crippen LogP contribution in [0.15, 0.2) is 58.2 Å². The van der Waals surface area contributed by atoms with E-state index in [0.717, 1.165) is 10.4 Å². The van der Waals surface area contributed by atoms with Crippen LogP contribution in [0, 0.1) is 0 Å². The smallest absolute Gasteiger partial charge is 0.263 e. The van der Waals surface area contributed by atoms with E-state index in [1.807, 2.05) is 22.9 Å². The molecular weight excluding hydrogens is 398 g/mol. The number of allylic oxidation sites excluding steroid dienone is 1. The molecule has 0 saturated carbocycles. The van der Waals surface area contributed by atoms with Crippen molar-refractivity contribution in [1.82, 2.24) is 14.9 Å². The average Bonchev–Trinajstić information content (AvgIpc) is 3.32. The molecule has 140 valence electrons. The molecule has 0 bridgehead atoms. The zero-order valence-electron chi connectivity index (χ0n) is 14.8. The predicted octanol–water partition coefficient (Wildman–Crippen LogP) is 4.16. The Labute approximate surface area is 169 Å². The molecule has 0 radical (unpaired) electrons. The number of thioether (sulfide) groups is 1. The Morgan fingerprint density at radius 1 is 1.41 bits per heavy atom. The summed E-state index contributed by atoms with van der Waals surface area (Å²) in [6.07, 6.45) is 3.30. The van der Waals surface area contributed by atoms with Gasteiger partial charge in [-0.1, -0.05) is 30.0 Å². The number of amides is 1. The first-order chi connectivity index (χ1) is 13.1. The summed E-state index contributed by atoms with van der Waals surface area (Å²) in [5, 5.41) is 7.48. The highest BCUT2D eigenvalue weighted by atomic mass is 32.2. The molecule has 0 aliphatic rings. The third kappa shape index (κ3) is 4.07. The first-order valence-corrected chi connectivity index (χ1v) is 10.9. The minimum atomic E-state index is -0.387. The molecule has 3 rings (SSSR count). The van der Waals surface area contributed by atoms with Gasteiger partial charge in [0.2, 0.25) is 5.91 Å². The number of carbonyl (C=O) groups is 1. The van der Waals surface area contributed by atoms with Crippen LogP contribution in [0.2, 0.25) is 0 Å².